The molecule has 2 heterocycles. The zero-order chi connectivity index (χ0) is 15.4. The van der Waals surface area contributed by atoms with E-state index in [0.29, 0.717) is 6.54 Å². The molecule has 1 aromatic heterocycles. The third kappa shape index (κ3) is 3.54. The van der Waals surface area contributed by atoms with Crippen molar-refractivity contribution in [2.75, 3.05) is 26.2 Å². The number of oxazole rings is 1. The predicted molar refractivity (Wildman–Crippen MR) is 84.1 cm³/mol. The molecule has 0 aliphatic carbocycles. The fourth-order valence-electron chi connectivity index (χ4n) is 2.75. The van der Waals surface area contributed by atoms with Crippen LogP contribution in [0.15, 0.2) is 40.9 Å². The summed E-state index contributed by atoms with van der Waals surface area (Å²) in [6.45, 7) is 5.78. The molecule has 0 bridgehead atoms. The fourth-order valence-corrected chi connectivity index (χ4v) is 2.75. The number of carbonyl (C=O) groups excluding carboxylic acids is 1. The van der Waals surface area contributed by atoms with E-state index in [2.05, 4.69) is 9.88 Å². The molecule has 0 atom stereocenters. The van der Waals surface area contributed by atoms with Gasteiger partial charge in [-0.3, -0.25) is 9.69 Å². The van der Waals surface area contributed by atoms with Crippen LogP contribution in [0.4, 0.5) is 0 Å². The van der Waals surface area contributed by atoms with Gasteiger partial charge in [-0.1, -0.05) is 30.3 Å². The molecule has 1 amide bonds. The Morgan fingerprint density at radius 1 is 1.18 bits per heavy atom. The van der Waals surface area contributed by atoms with Gasteiger partial charge in [0.1, 0.15) is 0 Å². The lowest BCUT2D eigenvalue weighted by Crippen LogP contribution is -2.33. The molecule has 1 saturated heterocycles. The molecule has 1 aliphatic heterocycles. The van der Waals surface area contributed by atoms with Crippen LogP contribution >= 0.6 is 0 Å². The molecule has 0 saturated carbocycles. The zero-order valence-electron chi connectivity index (χ0n) is 12.9. The highest BCUT2D eigenvalue weighted by Gasteiger charge is 2.18. The van der Waals surface area contributed by atoms with Crippen molar-refractivity contribution in [2.24, 2.45) is 0 Å². The van der Waals surface area contributed by atoms with Gasteiger partial charge in [0.25, 0.3) is 0 Å². The lowest BCUT2D eigenvalue weighted by atomic mass is 10.2. The Labute approximate surface area is 130 Å². The van der Waals surface area contributed by atoms with Crippen molar-refractivity contribution < 1.29 is 9.21 Å². The average molecular weight is 299 g/mol. The molecule has 0 radical (unpaired) electrons. The summed E-state index contributed by atoms with van der Waals surface area (Å²) < 4.78 is 5.85. The van der Waals surface area contributed by atoms with Crippen molar-refractivity contribution in [1.82, 2.24) is 14.8 Å². The number of hydrogen-bond acceptors (Lipinski definition) is 4. The molecule has 3 rings (SSSR count). The Bertz CT molecular complexity index is 624. The Morgan fingerprint density at radius 2 is 2.00 bits per heavy atom. The van der Waals surface area contributed by atoms with Gasteiger partial charge in [-0.15, -0.1) is 0 Å². The summed E-state index contributed by atoms with van der Waals surface area (Å²) in [5.41, 5.74) is 1.04. The van der Waals surface area contributed by atoms with E-state index in [9.17, 15) is 4.79 Å². The number of benzene rings is 1. The maximum atomic E-state index is 11.5. The number of hydrogen-bond donors (Lipinski definition) is 0. The minimum Gasteiger partial charge on any atom is -0.439 e. The highest BCUT2D eigenvalue weighted by Crippen LogP contribution is 2.20. The smallest absolute Gasteiger partial charge is 0.219 e. The highest BCUT2D eigenvalue weighted by molar-refractivity contribution is 5.73. The molecule has 0 unspecified atom stereocenters. The van der Waals surface area contributed by atoms with Crippen molar-refractivity contribution in [1.29, 1.82) is 0 Å². The second-order valence-corrected chi connectivity index (χ2v) is 5.62. The van der Waals surface area contributed by atoms with Gasteiger partial charge in [0, 0.05) is 38.7 Å². The fraction of sp³-hybridized carbons (Fsp3) is 0.412. The van der Waals surface area contributed by atoms with Crippen LogP contribution < -0.4 is 0 Å². The van der Waals surface area contributed by atoms with Crippen molar-refractivity contribution in [2.45, 2.75) is 19.9 Å². The van der Waals surface area contributed by atoms with Gasteiger partial charge in [0.2, 0.25) is 11.8 Å². The van der Waals surface area contributed by atoms with E-state index in [1.54, 1.807) is 13.1 Å². The molecule has 5 heteroatoms. The van der Waals surface area contributed by atoms with Crippen LogP contribution in [0.1, 0.15) is 19.2 Å². The van der Waals surface area contributed by atoms with Crippen molar-refractivity contribution in [3.63, 3.8) is 0 Å². The quantitative estimate of drug-likeness (QED) is 0.873. The number of aromatic nitrogens is 1. The molecule has 116 valence electrons. The lowest BCUT2D eigenvalue weighted by Gasteiger charge is -2.19. The average Bonchev–Trinajstić information content (AvgIpc) is 2.86. The van der Waals surface area contributed by atoms with E-state index in [4.69, 9.17) is 4.42 Å². The standard InChI is InChI=1S/C17H21N3O2/c1-14(21)20-9-5-8-19(10-11-20)13-17-18-12-16(22-17)15-6-3-2-4-7-15/h2-4,6-7,12H,5,8-11,13H2,1H3. The van der Waals surface area contributed by atoms with Crippen LogP contribution in [-0.4, -0.2) is 46.9 Å². The summed E-state index contributed by atoms with van der Waals surface area (Å²) in [7, 11) is 0. The first-order valence-electron chi connectivity index (χ1n) is 7.70. The van der Waals surface area contributed by atoms with Crippen molar-refractivity contribution >= 4 is 5.91 Å². The summed E-state index contributed by atoms with van der Waals surface area (Å²) in [5.74, 6) is 1.69. The second kappa shape index (κ2) is 6.75. The predicted octanol–water partition coefficient (Wildman–Crippen LogP) is 2.40. The first-order valence-corrected chi connectivity index (χ1v) is 7.70. The summed E-state index contributed by atoms with van der Waals surface area (Å²) in [6.07, 6.45) is 2.77. The minimum absolute atomic E-state index is 0.157. The molecular weight excluding hydrogens is 278 g/mol. The SMILES string of the molecule is CC(=O)N1CCCN(Cc2ncc(-c3ccccc3)o2)CC1. The maximum absolute atomic E-state index is 11.5. The van der Waals surface area contributed by atoms with Gasteiger partial charge in [0.05, 0.1) is 12.7 Å². The number of nitrogens with zero attached hydrogens (tertiary/aromatic N) is 3. The van der Waals surface area contributed by atoms with Gasteiger partial charge >= 0.3 is 0 Å². The van der Waals surface area contributed by atoms with Crippen LogP contribution in [0.5, 0.6) is 0 Å². The molecule has 1 fully saturated rings. The number of carbonyl (C=O) groups is 1. The third-order valence-corrected chi connectivity index (χ3v) is 4.00. The van der Waals surface area contributed by atoms with Crippen LogP contribution in [0.3, 0.4) is 0 Å². The van der Waals surface area contributed by atoms with Gasteiger partial charge in [-0.2, -0.15) is 0 Å². The first kappa shape index (κ1) is 14.8. The summed E-state index contributed by atoms with van der Waals surface area (Å²) in [4.78, 5) is 20.0. The Kier molecular flexibility index (Phi) is 4.53. The van der Waals surface area contributed by atoms with E-state index in [1.807, 2.05) is 35.2 Å². The van der Waals surface area contributed by atoms with Gasteiger partial charge < -0.3 is 9.32 Å². The zero-order valence-corrected chi connectivity index (χ0v) is 12.9. The van der Waals surface area contributed by atoms with Crippen molar-refractivity contribution in [3.05, 3.63) is 42.4 Å². The summed E-state index contributed by atoms with van der Waals surface area (Å²) in [5, 5.41) is 0. The van der Waals surface area contributed by atoms with Crippen molar-refractivity contribution in [3.8, 4) is 11.3 Å². The van der Waals surface area contributed by atoms with E-state index in [-0.39, 0.29) is 5.91 Å². The maximum Gasteiger partial charge on any atom is 0.219 e. The highest BCUT2D eigenvalue weighted by atomic mass is 16.4. The molecule has 22 heavy (non-hydrogen) atoms. The van der Waals surface area contributed by atoms with E-state index < -0.39 is 0 Å². The molecule has 1 aromatic carbocycles. The van der Waals surface area contributed by atoms with Gasteiger partial charge in [-0.25, -0.2) is 4.98 Å². The van der Waals surface area contributed by atoms with Gasteiger partial charge in [-0.05, 0) is 6.42 Å². The summed E-state index contributed by atoms with van der Waals surface area (Å²) in [6, 6.07) is 9.99. The van der Waals surface area contributed by atoms with Crippen LogP contribution in [-0.2, 0) is 11.3 Å². The topological polar surface area (TPSA) is 49.6 Å². The normalized spacial score (nSPS) is 16.5. The molecule has 2 aromatic rings. The minimum atomic E-state index is 0.157. The lowest BCUT2D eigenvalue weighted by molar-refractivity contribution is -0.128. The Hall–Kier alpha value is -2.14. The van der Waals surface area contributed by atoms with Gasteiger partial charge in [0.15, 0.2) is 5.76 Å². The molecule has 1 aliphatic rings. The Balaban J connectivity index is 1.62. The van der Waals surface area contributed by atoms with E-state index in [0.717, 1.165) is 49.8 Å². The molecule has 0 N–H and O–H groups in total. The monoisotopic (exact) mass is 299 g/mol. The largest absolute Gasteiger partial charge is 0.439 e. The van der Waals surface area contributed by atoms with E-state index in [1.165, 1.54) is 0 Å². The number of amides is 1. The van der Waals surface area contributed by atoms with Crippen LogP contribution in [0, 0.1) is 0 Å². The first-order chi connectivity index (χ1) is 10.7. The Morgan fingerprint density at radius 3 is 2.77 bits per heavy atom. The second-order valence-electron chi connectivity index (χ2n) is 5.62. The molecule has 5 nitrogen and oxygen atoms in total. The van der Waals surface area contributed by atoms with Crippen LogP contribution in [0.2, 0.25) is 0 Å². The van der Waals surface area contributed by atoms with Crippen LogP contribution in [0.25, 0.3) is 11.3 Å². The number of rotatable bonds is 3. The molecule has 0 spiro atoms. The molecular formula is C17H21N3O2. The van der Waals surface area contributed by atoms with E-state index >= 15 is 0 Å². The summed E-state index contributed by atoms with van der Waals surface area (Å²) >= 11 is 0. The third-order valence-electron chi connectivity index (χ3n) is 4.00.